The number of nitrogens with one attached hydrogen (secondary N) is 3. The second-order valence-corrected chi connectivity index (χ2v) is 7.63. The van der Waals surface area contributed by atoms with Crippen LogP contribution in [0.3, 0.4) is 0 Å². The molecule has 2 aliphatic heterocycles. The summed E-state index contributed by atoms with van der Waals surface area (Å²) in [6, 6.07) is 5.80. The lowest BCUT2D eigenvalue weighted by atomic mass is 10.0. The van der Waals surface area contributed by atoms with Crippen molar-refractivity contribution in [2.24, 2.45) is 0 Å². The maximum atomic E-state index is 12.4. The number of benzene rings is 1. The Morgan fingerprint density at radius 2 is 2.00 bits per heavy atom. The van der Waals surface area contributed by atoms with Crippen LogP contribution >= 0.6 is 15.9 Å². The number of rotatable bonds is 4. The van der Waals surface area contributed by atoms with Gasteiger partial charge in [-0.25, -0.2) is 4.79 Å². The molecule has 1 saturated heterocycles. The van der Waals surface area contributed by atoms with Gasteiger partial charge in [-0.2, -0.15) is 0 Å². The SMILES string of the molecule is CNC(=O)CN1CCC(NC(=O)NC2CCOc3ccc(Br)cc32)CC1. The zero-order chi connectivity index (χ0) is 18.5. The molecule has 3 amide bonds. The molecule has 1 unspecified atom stereocenters. The van der Waals surface area contributed by atoms with Crippen molar-refractivity contribution in [1.82, 2.24) is 20.9 Å². The van der Waals surface area contributed by atoms with Crippen molar-refractivity contribution in [2.75, 3.05) is 33.3 Å². The molecule has 142 valence electrons. The Kier molecular flexibility index (Phi) is 6.37. The molecule has 0 aromatic heterocycles. The van der Waals surface area contributed by atoms with Crippen molar-refractivity contribution in [3.63, 3.8) is 0 Å². The summed E-state index contributed by atoms with van der Waals surface area (Å²) in [7, 11) is 1.65. The normalized spacial score (nSPS) is 20.6. The first-order chi connectivity index (χ1) is 12.5. The minimum absolute atomic E-state index is 0.0264. The number of likely N-dealkylation sites (N-methyl/N-ethyl adjacent to an activating group) is 1. The fourth-order valence-electron chi connectivity index (χ4n) is 3.42. The summed E-state index contributed by atoms with van der Waals surface area (Å²) < 4.78 is 6.63. The molecule has 3 rings (SSSR count). The molecule has 1 aromatic carbocycles. The van der Waals surface area contributed by atoms with Gasteiger partial charge < -0.3 is 20.7 Å². The predicted octanol–water partition coefficient (Wildman–Crippen LogP) is 1.78. The van der Waals surface area contributed by atoms with Crippen LogP contribution in [0.4, 0.5) is 4.79 Å². The Balaban J connectivity index is 1.49. The van der Waals surface area contributed by atoms with Gasteiger partial charge in [0.05, 0.1) is 19.2 Å². The maximum Gasteiger partial charge on any atom is 0.315 e. The van der Waals surface area contributed by atoms with Crippen LogP contribution < -0.4 is 20.7 Å². The highest BCUT2D eigenvalue weighted by atomic mass is 79.9. The van der Waals surface area contributed by atoms with E-state index in [0.29, 0.717) is 13.2 Å². The number of fused-ring (bicyclic) bond motifs is 1. The molecule has 1 atom stereocenters. The quantitative estimate of drug-likeness (QED) is 0.687. The van der Waals surface area contributed by atoms with E-state index < -0.39 is 0 Å². The van der Waals surface area contributed by atoms with Crippen molar-refractivity contribution in [3.05, 3.63) is 28.2 Å². The van der Waals surface area contributed by atoms with Crippen LogP contribution in [0.5, 0.6) is 5.75 Å². The van der Waals surface area contributed by atoms with Gasteiger partial charge >= 0.3 is 6.03 Å². The molecule has 3 N–H and O–H groups in total. The molecule has 0 bridgehead atoms. The van der Waals surface area contributed by atoms with Gasteiger partial charge in [-0.3, -0.25) is 9.69 Å². The van der Waals surface area contributed by atoms with E-state index in [1.807, 2.05) is 18.2 Å². The van der Waals surface area contributed by atoms with Crippen molar-refractivity contribution in [1.29, 1.82) is 0 Å². The van der Waals surface area contributed by atoms with E-state index in [-0.39, 0.29) is 24.0 Å². The zero-order valence-electron chi connectivity index (χ0n) is 14.9. The van der Waals surface area contributed by atoms with Gasteiger partial charge in [0.15, 0.2) is 0 Å². The molecule has 0 aliphatic carbocycles. The van der Waals surface area contributed by atoms with Crippen LogP contribution in [-0.4, -0.2) is 56.2 Å². The van der Waals surface area contributed by atoms with Crippen molar-refractivity contribution < 1.29 is 14.3 Å². The summed E-state index contributed by atoms with van der Waals surface area (Å²) in [5.41, 5.74) is 1.00. The number of ether oxygens (including phenoxy) is 1. The lowest BCUT2D eigenvalue weighted by molar-refractivity contribution is -0.122. The number of hydrogen-bond acceptors (Lipinski definition) is 4. The average molecular weight is 425 g/mol. The van der Waals surface area contributed by atoms with E-state index in [9.17, 15) is 9.59 Å². The lowest BCUT2D eigenvalue weighted by Gasteiger charge is -2.32. The Labute approximate surface area is 162 Å². The molecule has 0 radical (unpaired) electrons. The molecule has 2 aliphatic rings. The monoisotopic (exact) mass is 424 g/mol. The molecule has 0 spiro atoms. The molecular formula is C18H25BrN4O3. The van der Waals surface area contributed by atoms with Gasteiger partial charge in [-0.15, -0.1) is 0 Å². The summed E-state index contributed by atoms with van der Waals surface area (Å²) >= 11 is 3.47. The van der Waals surface area contributed by atoms with E-state index in [1.54, 1.807) is 7.05 Å². The molecule has 1 fully saturated rings. The highest BCUT2D eigenvalue weighted by Gasteiger charge is 2.26. The smallest absolute Gasteiger partial charge is 0.315 e. The Morgan fingerprint density at radius 3 is 2.73 bits per heavy atom. The Hall–Kier alpha value is -1.80. The molecule has 1 aromatic rings. The van der Waals surface area contributed by atoms with E-state index >= 15 is 0 Å². The van der Waals surface area contributed by atoms with Gasteiger partial charge in [0.2, 0.25) is 5.91 Å². The molecule has 2 heterocycles. The molecular weight excluding hydrogens is 400 g/mol. The largest absolute Gasteiger partial charge is 0.493 e. The topological polar surface area (TPSA) is 82.7 Å². The van der Waals surface area contributed by atoms with Gasteiger partial charge in [-0.1, -0.05) is 15.9 Å². The molecule has 0 saturated carbocycles. The zero-order valence-corrected chi connectivity index (χ0v) is 16.5. The third-order valence-electron chi connectivity index (χ3n) is 4.89. The van der Waals surface area contributed by atoms with E-state index in [0.717, 1.165) is 48.1 Å². The van der Waals surface area contributed by atoms with Gasteiger partial charge in [0.1, 0.15) is 5.75 Å². The van der Waals surface area contributed by atoms with Crippen molar-refractivity contribution in [3.8, 4) is 5.75 Å². The van der Waals surface area contributed by atoms with Crippen LogP contribution in [0, 0.1) is 0 Å². The minimum atomic E-state index is -0.146. The highest BCUT2D eigenvalue weighted by molar-refractivity contribution is 9.10. The third-order valence-corrected chi connectivity index (χ3v) is 5.38. The number of piperidine rings is 1. The van der Waals surface area contributed by atoms with Crippen molar-refractivity contribution >= 4 is 27.9 Å². The summed E-state index contributed by atoms with van der Waals surface area (Å²) in [5.74, 6) is 0.853. The van der Waals surface area contributed by atoms with Crippen LogP contribution in [0.2, 0.25) is 0 Å². The Bertz CT molecular complexity index is 662. The fourth-order valence-corrected chi connectivity index (χ4v) is 3.80. The second-order valence-electron chi connectivity index (χ2n) is 6.71. The number of urea groups is 1. The third kappa shape index (κ3) is 4.88. The number of halogens is 1. The van der Waals surface area contributed by atoms with Crippen LogP contribution in [-0.2, 0) is 4.79 Å². The standard InChI is InChI=1S/C18H25BrN4O3/c1-20-17(24)11-23-7-4-13(5-8-23)21-18(25)22-15-6-9-26-16-3-2-12(19)10-14(15)16/h2-3,10,13,15H,4-9,11H2,1H3,(H,20,24)(H2,21,22,25). The van der Waals surface area contributed by atoms with E-state index in [1.165, 1.54) is 0 Å². The van der Waals surface area contributed by atoms with Gasteiger partial charge in [-0.05, 0) is 31.0 Å². The number of carbonyl (C=O) groups excluding carboxylic acids is 2. The highest BCUT2D eigenvalue weighted by Crippen LogP contribution is 2.34. The lowest BCUT2D eigenvalue weighted by Crippen LogP contribution is -2.50. The van der Waals surface area contributed by atoms with E-state index in [2.05, 4.69) is 36.8 Å². The van der Waals surface area contributed by atoms with Crippen molar-refractivity contribution in [2.45, 2.75) is 31.3 Å². The van der Waals surface area contributed by atoms with Crippen LogP contribution in [0.25, 0.3) is 0 Å². The molecule has 7 nitrogen and oxygen atoms in total. The number of carbonyl (C=O) groups is 2. The summed E-state index contributed by atoms with van der Waals surface area (Å²) in [6.07, 6.45) is 2.45. The summed E-state index contributed by atoms with van der Waals surface area (Å²) in [6.45, 7) is 2.64. The van der Waals surface area contributed by atoms with Gasteiger partial charge in [0, 0.05) is 42.6 Å². The number of likely N-dealkylation sites (tertiary alicyclic amines) is 1. The summed E-state index contributed by atoms with van der Waals surface area (Å²) in [5, 5.41) is 8.78. The first kappa shape index (κ1) is 19.0. The van der Waals surface area contributed by atoms with Crippen LogP contribution in [0.15, 0.2) is 22.7 Å². The van der Waals surface area contributed by atoms with E-state index in [4.69, 9.17) is 4.74 Å². The fraction of sp³-hybridized carbons (Fsp3) is 0.556. The molecule has 26 heavy (non-hydrogen) atoms. The maximum absolute atomic E-state index is 12.4. The van der Waals surface area contributed by atoms with Crippen LogP contribution in [0.1, 0.15) is 30.9 Å². The Morgan fingerprint density at radius 1 is 1.23 bits per heavy atom. The minimum Gasteiger partial charge on any atom is -0.493 e. The predicted molar refractivity (Wildman–Crippen MR) is 102 cm³/mol. The second kappa shape index (κ2) is 8.73. The first-order valence-electron chi connectivity index (χ1n) is 8.97. The summed E-state index contributed by atoms with van der Waals surface area (Å²) in [4.78, 5) is 26.0. The first-order valence-corrected chi connectivity index (χ1v) is 9.76. The number of hydrogen-bond donors (Lipinski definition) is 3. The van der Waals surface area contributed by atoms with Gasteiger partial charge in [0.25, 0.3) is 0 Å². The molecule has 8 heteroatoms. The number of amides is 3. The average Bonchev–Trinajstić information content (AvgIpc) is 2.63. The number of nitrogens with zero attached hydrogens (tertiary/aromatic N) is 1.